The van der Waals surface area contributed by atoms with Gasteiger partial charge in [-0.3, -0.25) is 28.8 Å². The van der Waals surface area contributed by atoms with Crippen LogP contribution in [-0.4, -0.2) is 86.6 Å². The number of carbonyl (C=O) groups is 6. The van der Waals surface area contributed by atoms with Gasteiger partial charge in [0.05, 0.1) is 19.8 Å². The van der Waals surface area contributed by atoms with Gasteiger partial charge in [0.2, 0.25) is 0 Å². The number of aliphatic hydroxyl groups is 3. The lowest BCUT2D eigenvalue weighted by Gasteiger charge is -2.28. The summed E-state index contributed by atoms with van der Waals surface area (Å²) < 4.78 is 0. The fraction of sp³-hybridized carbons (Fsp3) is 0.311. The molecule has 6 rings (SSSR count). The number of hydrogen-bond donors (Lipinski definition) is 12. The van der Waals surface area contributed by atoms with E-state index in [1.165, 1.54) is 36.4 Å². The Labute approximate surface area is 472 Å². The summed E-state index contributed by atoms with van der Waals surface area (Å²) in [5.74, 6) is -4.44. The summed E-state index contributed by atoms with van der Waals surface area (Å²) in [5.41, 5.74) is 37.3. The summed E-state index contributed by atoms with van der Waals surface area (Å²) in [7, 11) is 0. The Kier molecular flexibility index (Phi) is 23.6. The standard InChI is InChI=1S/C61H73N9O9.ClH/c62-34-4-1-31-59(65,53(74)46-13-7-40(37-71)8-14-46)56(77)68-49-25-19-43(20-26-49)52(44-21-27-50(28-22-44)69-57(78)60(66,32-2-5-35-63)54(75)47-15-9-41(38-72)10-16-47)45-23-29-51(30-24-45)70-58(79)61(67,33-3-6-36-64)55(76)48-17-11-42(39-73)12-18-48;/h7-30,52,71-73H,1-6,31-39,62-67H2,(H,68,77)(H,69,78)(H,70,79);1H/t59-,60-,61-;/m0./s1. The summed E-state index contributed by atoms with van der Waals surface area (Å²) in [6.45, 7) is 0.366. The van der Waals surface area contributed by atoms with Crippen molar-refractivity contribution in [1.29, 1.82) is 0 Å². The van der Waals surface area contributed by atoms with Gasteiger partial charge in [-0.1, -0.05) is 109 Å². The van der Waals surface area contributed by atoms with Crippen molar-refractivity contribution in [2.45, 2.75) is 100 Å². The second-order valence-electron chi connectivity index (χ2n) is 19.9. The summed E-state index contributed by atoms with van der Waals surface area (Å²) >= 11 is 0. The molecule has 424 valence electrons. The number of benzene rings is 6. The van der Waals surface area contributed by atoms with Gasteiger partial charge in [0.1, 0.15) is 0 Å². The molecule has 6 aromatic rings. The number of rotatable bonds is 30. The van der Waals surface area contributed by atoms with E-state index in [1.54, 1.807) is 109 Å². The lowest BCUT2D eigenvalue weighted by molar-refractivity contribution is -0.120. The van der Waals surface area contributed by atoms with Gasteiger partial charge in [-0.2, -0.15) is 0 Å². The van der Waals surface area contributed by atoms with Crippen LogP contribution in [0.1, 0.15) is 128 Å². The predicted molar refractivity (Wildman–Crippen MR) is 313 cm³/mol. The number of halogens is 1. The second-order valence-corrected chi connectivity index (χ2v) is 19.9. The first-order valence-electron chi connectivity index (χ1n) is 26.4. The molecule has 0 aliphatic carbocycles. The van der Waals surface area contributed by atoms with Crippen LogP contribution in [0.3, 0.4) is 0 Å². The highest BCUT2D eigenvalue weighted by Gasteiger charge is 2.44. The Morgan fingerprint density at radius 1 is 0.362 bits per heavy atom. The summed E-state index contributed by atoms with van der Waals surface area (Å²) in [6, 6.07) is 39.7. The fourth-order valence-electron chi connectivity index (χ4n) is 9.27. The van der Waals surface area contributed by atoms with E-state index >= 15 is 0 Å². The quantitative estimate of drug-likeness (QED) is 0.0111. The smallest absolute Gasteiger partial charge is 0.252 e. The number of unbranched alkanes of at least 4 members (excludes halogenated alkanes) is 3. The van der Waals surface area contributed by atoms with E-state index in [4.69, 9.17) is 34.4 Å². The molecule has 0 saturated carbocycles. The lowest BCUT2D eigenvalue weighted by Crippen LogP contribution is -2.57. The summed E-state index contributed by atoms with van der Waals surface area (Å²) in [4.78, 5) is 84.1. The van der Waals surface area contributed by atoms with Crippen LogP contribution < -0.4 is 50.4 Å². The number of hydrogen-bond acceptors (Lipinski definition) is 15. The van der Waals surface area contributed by atoms with E-state index < -0.39 is 57.6 Å². The van der Waals surface area contributed by atoms with Gasteiger partial charge in [-0.05, 0) is 147 Å². The molecule has 0 aliphatic heterocycles. The average molecular weight is 1110 g/mol. The van der Waals surface area contributed by atoms with Crippen molar-refractivity contribution in [2.24, 2.45) is 34.4 Å². The monoisotopic (exact) mass is 1110 g/mol. The maximum atomic E-state index is 14.1. The molecule has 3 amide bonds. The van der Waals surface area contributed by atoms with Gasteiger partial charge < -0.3 is 65.7 Å². The minimum Gasteiger partial charge on any atom is -0.392 e. The minimum atomic E-state index is -1.95. The highest BCUT2D eigenvalue weighted by molar-refractivity contribution is 6.22. The SMILES string of the molecule is Cl.NCCCC[C@@](N)(C(=O)Nc1ccc(C(c2ccc(NC(=O)[C@](N)(CCCCN)C(=O)c3ccc(CO)cc3)cc2)c2ccc(NC(=O)[C@](N)(CCCCN)C(=O)c3ccc(CO)cc3)cc2)cc1)C(=O)c1ccc(CO)cc1. The first-order chi connectivity index (χ1) is 38.0. The summed E-state index contributed by atoms with van der Waals surface area (Å²) in [5, 5.41) is 37.2. The first kappa shape index (κ1) is 63.5. The number of aliphatic hydroxyl groups excluding tert-OH is 3. The van der Waals surface area contributed by atoms with Crippen molar-refractivity contribution >= 4 is 64.5 Å². The van der Waals surface area contributed by atoms with E-state index in [1.807, 2.05) is 0 Å². The Hall–Kier alpha value is -7.33. The highest BCUT2D eigenvalue weighted by Crippen LogP contribution is 2.35. The van der Waals surface area contributed by atoms with Gasteiger partial charge in [-0.15, -0.1) is 12.4 Å². The van der Waals surface area contributed by atoms with E-state index in [-0.39, 0.29) is 68.2 Å². The first-order valence-corrected chi connectivity index (χ1v) is 26.4. The Bertz CT molecular complexity index is 2690. The van der Waals surface area contributed by atoms with Crippen LogP contribution in [0.2, 0.25) is 0 Å². The van der Waals surface area contributed by atoms with E-state index in [0.29, 0.717) is 91.9 Å². The van der Waals surface area contributed by atoms with Gasteiger partial charge in [-0.25, -0.2) is 0 Å². The average Bonchev–Trinajstić information content (AvgIpc) is 3.55. The van der Waals surface area contributed by atoms with Crippen LogP contribution in [0.5, 0.6) is 0 Å². The van der Waals surface area contributed by atoms with Crippen molar-refractivity contribution < 1.29 is 44.1 Å². The van der Waals surface area contributed by atoms with Gasteiger partial charge >= 0.3 is 0 Å². The van der Waals surface area contributed by atoms with E-state index in [2.05, 4.69) is 16.0 Å². The predicted octanol–water partition coefficient (Wildman–Crippen LogP) is 5.71. The van der Waals surface area contributed by atoms with Crippen LogP contribution in [-0.2, 0) is 34.2 Å². The molecule has 6 aromatic carbocycles. The molecule has 80 heavy (non-hydrogen) atoms. The molecule has 0 fully saturated rings. The highest BCUT2D eigenvalue weighted by atomic mass is 35.5. The van der Waals surface area contributed by atoms with Gasteiger partial charge in [0, 0.05) is 39.7 Å². The molecule has 0 bridgehead atoms. The maximum absolute atomic E-state index is 14.1. The van der Waals surface area contributed by atoms with Crippen molar-refractivity contribution in [3.63, 3.8) is 0 Å². The third kappa shape index (κ3) is 15.5. The number of nitrogens with one attached hydrogen (secondary N) is 3. The third-order valence-corrected chi connectivity index (χ3v) is 14.2. The zero-order chi connectivity index (χ0) is 57.2. The van der Waals surface area contributed by atoms with Crippen LogP contribution in [0, 0.1) is 0 Å². The second kappa shape index (κ2) is 29.8. The van der Waals surface area contributed by atoms with Crippen LogP contribution >= 0.6 is 12.4 Å². The third-order valence-electron chi connectivity index (χ3n) is 14.2. The fourth-order valence-corrected chi connectivity index (χ4v) is 9.27. The topological polar surface area (TPSA) is 355 Å². The van der Waals surface area contributed by atoms with E-state index in [0.717, 1.165) is 16.7 Å². The molecule has 19 heteroatoms. The molecule has 0 radical (unpaired) electrons. The summed E-state index contributed by atoms with van der Waals surface area (Å²) in [6.07, 6.45) is 2.91. The molecule has 0 aliphatic rings. The Morgan fingerprint density at radius 2 is 0.588 bits per heavy atom. The maximum Gasteiger partial charge on any atom is 0.252 e. The Morgan fingerprint density at radius 3 is 0.787 bits per heavy atom. The van der Waals surface area contributed by atoms with Crippen LogP contribution in [0.4, 0.5) is 17.1 Å². The number of nitrogens with two attached hydrogens (primary N) is 6. The molecule has 18 N–H and O–H groups in total. The van der Waals surface area contributed by atoms with Crippen molar-refractivity contribution in [3.8, 4) is 0 Å². The molecule has 3 atom stereocenters. The molecule has 0 aromatic heterocycles. The van der Waals surface area contributed by atoms with Crippen molar-refractivity contribution in [2.75, 3.05) is 35.6 Å². The number of carbonyl (C=O) groups excluding carboxylic acids is 6. The largest absolute Gasteiger partial charge is 0.392 e. The zero-order valence-corrected chi connectivity index (χ0v) is 45.5. The number of anilines is 3. The number of ketones is 3. The molecule has 18 nitrogen and oxygen atoms in total. The van der Waals surface area contributed by atoms with Gasteiger partial charge in [0.15, 0.2) is 34.0 Å². The van der Waals surface area contributed by atoms with Crippen LogP contribution in [0.25, 0.3) is 0 Å². The van der Waals surface area contributed by atoms with Gasteiger partial charge in [0.25, 0.3) is 17.7 Å². The lowest BCUT2D eigenvalue weighted by atomic mass is 9.83. The van der Waals surface area contributed by atoms with Crippen molar-refractivity contribution in [1.82, 2.24) is 0 Å². The van der Waals surface area contributed by atoms with Crippen LogP contribution in [0.15, 0.2) is 146 Å². The molecular formula is C61H74ClN9O9. The van der Waals surface area contributed by atoms with Crippen molar-refractivity contribution in [3.05, 3.63) is 196 Å². The number of amides is 3. The number of Topliss-reactive ketones (excluding diaryl/α,β-unsaturated/α-hetero) is 3. The normalized spacial score (nSPS) is 13.4. The molecule has 0 spiro atoms. The molecular weight excluding hydrogens is 1040 g/mol. The Balaban J connectivity index is 0.0000118. The molecule has 0 saturated heterocycles. The molecule has 0 heterocycles. The minimum absolute atomic E-state index is 0. The molecule has 0 unspecified atom stereocenters. The van der Waals surface area contributed by atoms with E-state index in [9.17, 15) is 44.1 Å². The zero-order valence-electron chi connectivity index (χ0n) is 44.7.